The topological polar surface area (TPSA) is 78.2 Å². The molecule has 0 spiro atoms. The second-order valence-electron chi connectivity index (χ2n) is 2.36. The zero-order chi connectivity index (χ0) is 9.40. The van der Waals surface area contributed by atoms with Crippen LogP contribution in [0.2, 0.25) is 0 Å². The fourth-order valence-electron chi connectivity index (χ4n) is 0.733. The molecule has 0 aromatic heterocycles. The second-order valence-corrected chi connectivity index (χ2v) is 3.82. The molecular weight excluding hydrogens is 196 g/mol. The van der Waals surface area contributed by atoms with Crippen molar-refractivity contribution in [2.75, 3.05) is 12.3 Å². The van der Waals surface area contributed by atoms with Gasteiger partial charge >= 0.3 is 0 Å². The first-order chi connectivity index (χ1) is 5.63. The summed E-state index contributed by atoms with van der Waals surface area (Å²) in [7, 11) is 0. The van der Waals surface area contributed by atoms with Gasteiger partial charge in [-0.15, -0.1) is 0 Å². The van der Waals surface area contributed by atoms with Gasteiger partial charge in [-0.3, -0.25) is 4.21 Å². The molecule has 0 aliphatic heterocycles. The Kier molecular flexibility index (Phi) is 7.33. The van der Waals surface area contributed by atoms with E-state index in [4.69, 9.17) is 5.73 Å². The van der Waals surface area contributed by atoms with E-state index in [2.05, 4.69) is 17.5 Å². The van der Waals surface area contributed by atoms with Gasteiger partial charge in [-0.25, -0.2) is 0 Å². The Morgan fingerprint density at radius 2 is 2.17 bits per heavy atom. The average Bonchev–Trinajstić information content (AvgIpc) is 1.95. The highest BCUT2D eigenvalue weighted by atomic mass is 32.2. The van der Waals surface area contributed by atoms with Gasteiger partial charge in [-0.1, -0.05) is 17.5 Å². The van der Waals surface area contributed by atoms with E-state index < -0.39 is 11.1 Å². The number of nitrogens with one attached hydrogen (secondary N) is 1. The number of rotatable bonds is 6. The van der Waals surface area contributed by atoms with E-state index in [0.29, 0.717) is 11.5 Å². The maximum atomic E-state index is 10.1. The monoisotopic (exact) mass is 209 g/mol. The van der Waals surface area contributed by atoms with Crippen LogP contribution in [-0.2, 0) is 11.1 Å². The summed E-state index contributed by atoms with van der Waals surface area (Å²) < 4.78 is 20.2. The largest absolute Gasteiger partial charge is 0.772 e. The molecule has 0 fully saturated rings. The van der Waals surface area contributed by atoms with Crippen molar-refractivity contribution < 1.29 is 8.76 Å². The summed E-state index contributed by atoms with van der Waals surface area (Å²) in [6, 6.07) is 0. The maximum Gasteiger partial charge on any atom is 0.163 e. The first-order valence-corrected chi connectivity index (χ1v) is 5.37. The Labute approximate surface area is 80.2 Å². The molecule has 1 atom stereocenters. The van der Waals surface area contributed by atoms with Crippen LogP contribution in [0.4, 0.5) is 0 Å². The van der Waals surface area contributed by atoms with Crippen LogP contribution >= 0.6 is 12.2 Å². The fourth-order valence-corrected chi connectivity index (χ4v) is 1.28. The molecule has 6 heteroatoms. The molecule has 12 heavy (non-hydrogen) atoms. The van der Waals surface area contributed by atoms with Gasteiger partial charge < -0.3 is 15.6 Å². The van der Waals surface area contributed by atoms with Crippen LogP contribution in [0.3, 0.4) is 0 Å². The van der Waals surface area contributed by atoms with Crippen LogP contribution in [0.1, 0.15) is 19.3 Å². The first-order valence-electron chi connectivity index (χ1n) is 3.72. The second kappa shape index (κ2) is 7.45. The van der Waals surface area contributed by atoms with E-state index in [1.165, 1.54) is 0 Å². The number of nitrogens with two attached hydrogens (primary N) is 1. The lowest BCUT2D eigenvalue weighted by molar-refractivity contribution is 0.532. The highest BCUT2D eigenvalue weighted by molar-refractivity contribution is 7.80. The molecule has 0 bridgehead atoms. The quantitative estimate of drug-likeness (QED) is 0.362. The van der Waals surface area contributed by atoms with Crippen molar-refractivity contribution in [3.63, 3.8) is 0 Å². The zero-order valence-electron chi connectivity index (χ0n) is 6.75. The van der Waals surface area contributed by atoms with Gasteiger partial charge in [0.2, 0.25) is 0 Å². The molecule has 0 heterocycles. The normalized spacial score (nSPS) is 12.4. The zero-order valence-corrected chi connectivity index (χ0v) is 8.38. The van der Waals surface area contributed by atoms with E-state index in [1.54, 1.807) is 0 Å². The molecule has 0 rings (SSSR count). The lowest BCUT2D eigenvalue weighted by Crippen LogP contribution is -2.29. The van der Waals surface area contributed by atoms with Crippen molar-refractivity contribution in [1.29, 1.82) is 0 Å². The van der Waals surface area contributed by atoms with Gasteiger partial charge in [0.25, 0.3) is 0 Å². The van der Waals surface area contributed by atoms with E-state index in [0.717, 1.165) is 19.4 Å². The first kappa shape index (κ1) is 11.8. The molecule has 0 amide bonds. The number of hydrogen-bond donors (Lipinski definition) is 2. The third-order valence-corrected chi connectivity index (χ3v) is 2.05. The molecule has 0 saturated heterocycles. The molecule has 1 unspecified atom stereocenters. The SMILES string of the molecule is NC(=S)NCCCCCS(=O)[O-]. The van der Waals surface area contributed by atoms with E-state index in [1.807, 2.05) is 0 Å². The predicted octanol–water partition coefficient (Wildman–Crippen LogP) is -0.131. The van der Waals surface area contributed by atoms with Crippen LogP contribution in [0.5, 0.6) is 0 Å². The summed E-state index contributed by atoms with van der Waals surface area (Å²) >= 11 is 2.68. The van der Waals surface area contributed by atoms with E-state index in [9.17, 15) is 8.76 Å². The highest BCUT2D eigenvalue weighted by Gasteiger charge is 1.90. The minimum absolute atomic E-state index is 0.243. The summed E-state index contributed by atoms with van der Waals surface area (Å²) in [5.41, 5.74) is 5.18. The third kappa shape index (κ3) is 9.80. The Morgan fingerprint density at radius 3 is 2.67 bits per heavy atom. The van der Waals surface area contributed by atoms with Gasteiger partial charge in [0.1, 0.15) is 0 Å². The third-order valence-electron chi connectivity index (χ3n) is 1.29. The van der Waals surface area contributed by atoms with Gasteiger partial charge in [-0.2, -0.15) is 0 Å². The van der Waals surface area contributed by atoms with Gasteiger partial charge in [0.15, 0.2) is 5.11 Å². The van der Waals surface area contributed by atoms with E-state index >= 15 is 0 Å². The summed E-state index contributed by atoms with van der Waals surface area (Å²) in [5, 5.41) is 3.08. The maximum absolute atomic E-state index is 10.1. The van der Waals surface area contributed by atoms with Gasteiger partial charge in [-0.05, 0) is 25.1 Å². The van der Waals surface area contributed by atoms with Crippen molar-refractivity contribution in [2.45, 2.75) is 19.3 Å². The lowest BCUT2D eigenvalue weighted by Gasteiger charge is -2.05. The summed E-state index contributed by atoms with van der Waals surface area (Å²) in [5.74, 6) is 0.243. The van der Waals surface area contributed by atoms with Crippen molar-refractivity contribution >= 4 is 28.4 Å². The minimum Gasteiger partial charge on any atom is -0.772 e. The Hall–Kier alpha value is -0.200. The van der Waals surface area contributed by atoms with Crippen molar-refractivity contribution in [1.82, 2.24) is 5.32 Å². The summed E-state index contributed by atoms with van der Waals surface area (Å²) in [6.45, 7) is 0.723. The van der Waals surface area contributed by atoms with Crippen LogP contribution in [-0.4, -0.2) is 26.2 Å². The molecular formula is C6H13N2O2S2-. The number of unbranched alkanes of at least 4 members (excludes halogenated alkanes) is 2. The molecule has 0 aliphatic rings. The standard InChI is InChI=1S/C6H14N2O2S2/c7-6(11)8-4-2-1-3-5-12(9)10/h1-5H2,(H,9,10)(H3,7,8,11)/p-1. The van der Waals surface area contributed by atoms with Gasteiger partial charge in [0.05, 0.1) is 0 Å². The Morgan fingerprint density at radius 1 is 1.50 bits per heavy atom. The van der Waals surface area contributed by atoms with Crippen molar-refractivity contribution in [2.24, 2.45) is 5.73 Å². The van der Waals surface area contributed by atoms with Crippen LogP contribution < -0.4 is 11.1 Å². The lowest BCUT2D eigenvalue weighted by atomic mass is 10.2. The molecule has 72 valence electrons. The molecule has 0 saturated carbocycles. The minimum atomic E-state index is -1.90. The van der Waals surface area contributed by atoms with Crippen molar-refractivity contribution in [3.05, 3.63) is 0 Å². The fraction of sp³-hybridized carbons (Fsp3) is 0.833. The summed E-state index contributed by atoms with van der Waals surface area (Å²) in [4.78, 5) is 0. The average molecular weight is 209 g/mol. The molecule has 3 N–H and O–H groups in total. The molecule has 0 aromatic rings. The molecule has 4 nitrogen and oxygen atoms in total. The van der Waals surface area contributed by atoms with E-state index in [-0.39, 0.29) is 5.75 Å². The van der Waals surface area contributed by atoms with Crippen LogP contribution in [0, 0.1) is 0 Å². The molecule has 0 radical (unpaired) electrons. The van der Waals surface area contributed by atoms with Crippen LogP contribution in [0.25, 0.3) is 0 Å². The smallest absolute Gasteiger partial charge is 0.163 e. The van der Waals surface area contributed by atoms with Crippen LogP contribution in [0.15, 0.2) is 0 Å². The van der Waals surface area contributed by atoms with Gasteiger partial charge in [0, 0.05) is 12.3 Å². The Balaban J connectivity index is 3.01. The number of hydrogen-bond acceptors (Lipinski definition) is 3. The van der Waals surface area contributed by atoms with Crippen molar-refractivity contribution in [3.8, 4) is 0 Å². The molecule has 0 aromatic carbocycles. The summed E-state index contributed by atoms with van der Waals surface area (Å²) in [6.07, 6.45) is 2.48. The highest BCUT2D eigenvalue weighted by Crippen LogP contribution is 1.94. The Bertz CT molecular complexity index is 146. The predicted molar refractivity (Wildman–Crippen MR) is 52.4 cm³/mol. The molecule has 0 aliphatic carbocycles. The number of thiocarbonyl (C=S) groups is 1.